The maximum absolute atomic E-state index is 13.1. The van der Waals surface area contributed by atoms with Gasteiger partial charge < -0.3 is 9.47 Å². The van der Waals surface area contributed by atoms with Crippen LogP contribution < -0.4 is 0 Å². The third kappa shape index (κ3) is 4.75. The molecule has 150 valence electrons. The van der Waals surface area contributed by atoms with E-state index in [4.69, 9.17) is 9.47 Å². The van der Waals surface area contributed by atoms with Gasteiger partial charge in [0.05, 0.1) is 0 Å². The number of urea groups is 1. The number of carbonyl (C=O) groups excluding carboxylic acids is 4. The third-order valence-electron chi connectivity index (χ3n) is 4.52. The molecule has 8 heteroatoms. The first-order valence-electron chi connectivity index (χ1n) is 8.97. The van der Waals surface area contributed by atoms with E-state index in [2.05, 4.69) is 13.2 Å². The van der Waals surface area contributed by atoms with Gasteiger partial charge >= 0.3 is 18.0 Å². The van der Waals surface area contributed by atoms with Crippen molar-refractivity contribution in [2.75, 3.05) is 0 Å². The van der Waals surface area contributed by atoms with Crippen molar-refractivity contribution < 1.29 is 28.7 Å². The van der Waals surface area contributed by atoms with Gasteiger partial charge in [0.25, 0.3) is 5.91 Å². The number of hydrogen-bond acceptors (Lipinski definition) is 6. The fourth-order valence-corrected chi connectivity index (χ4v) is 3.14. The van der Waals surface area contributed by atoms with Crippen molar-refractivity contribution in [2.45, 2.75) is 71.4 Å². The first kappa shape index (κ1) is 22.4. The Morgan fingerprint density at radius 1 is 1.07 bits per heavy atom. The van der Waals surface area contributed by atoms with E-state index in [1.807, 2.05) is 6.92 Å². The van der Waals surface area contributed by atoms with Crippen LogP contribution in [-0.2, 0) is 23.9 Å². The van der Waals surface area contributed by atoms with Crippen LogP contribution in [-0.4, -0.2) is 51.7 Å². The summed E-state index contributed by atoms with van der Waals surface area (Å²) in [4.78, 5) is 51.3. The largest absolute Gasteiger partial charge is 0.439 e. The summed E-state index contributed by atoms with van der Waals surface area (Å²) in [6.07, 6.45) is 2.75. The van der Waals surface area contributed by atoms with Crippen LogP contribution in [0.4, 0.5) is 4.79 Å². The molecule has 0 aromatic heterocycles. The lowest BCUT2D eigenvalue weighted by atomic mass is 9.92. The molecule has 0 radical (unpaired) electrons. The van der Waals surface area contributed by atoms with E-state index in [0.717, 1.165) is 29.9 Å². The van der Waals surface area contributed by atoms with Crippen LogP contribution in [0, 0.1) is 0 Å². The van der Waals surface area contributed by atoms with Crippen LogP contribution in [0.5, 0.6) is 0 Å². The van der Waals surface area contributed by atoms with Crippen molar-refractivity contribution in [3.8, 4) is 0 Å². The summed E-state index contributed by atoms with van der Waals surface area (Å²) in [7, 11) is 0. The highest BCUT2D eigenvalue weighted by Crippen LogP contribution is 2.36. The minimum absolute atomic E-state index is 0.389. The highest BCUT2D eigenvalue weighted by Gasteiger charge is 2.58. The van der Waals surface area contributed by atoms with Gasteiger partial charge in [-0.2, -0.15) is 0 Å². The molecule has 3 unspecified atom stereocenters. The van der Waals surface area contributed by atoms with Crippen LogP contribution in [0.3, 0.4) is 0 Å². The molecule has 0 bridgehead atoms. The van der Waals surface area contributed by atoms with Gasteiger partial charge in [0.2, 0.25) is 0 Å². The molecule has 0 aliphatic carbocycles. The van der Waals surface area contributed by atoms with Gasteiger partial charge in [-0.25, -0.2) is 19.3 Å². The van der Waals surface area contributed by atoms with Crippen molar-refractivity contribution in [1.29, 1.82) is 0 Å². The topological polar surface area (TPSA) is 93.2 Å². The first-order valence-corrected chi connectivity index (χ1v) is 8.97. The van der Waals surface area contributed by atoms with Gasteiger partial charge in [0, 0.05) is 12.2 Å². The number of imide groups is 1. The van der Waals surface area contributed by atoms with Crippen molar-refractivity contribution in [1.82, 2.24) is 9.80 Å². The van der Waals surface area contributed by atoms with Gasteiger partial charge in [-0.1, -0.05) is 39.3 Å². The Balaban J connectivity index is 3.21. The second-order valence-corrected chi connectivity index (χ2v) is 6.54. The Morgan fingerprint density at radius 3 is 2.07 bits per heavy atom. The smallest absolute Gasteiger partial charge is 0.333 e. The van der Waals surface area contributed by atoms with Crippen LogP contribution in [0.1, 0.15) is 53.4 Å². The number of carbonyl (C=O) groups is 4. The quantitative estimate of drug-likeness (QED) is 0.250. The highest BCUT2D eigenvalue weighted by atomic mass is 16.6. The second-order valence-electron chi connectivity index (χ2n) is 6.54. The van der Waals surface area contributed by atoms with Crippen LogP contribution in [0.2, 0.25) is 0 Å². The standard InChI is InChI=1S/C19H28N2O6/c1-7-10-11-12-19(6)17(24)20(13(4)26-15(22)8-2)18(25)21(19)14(5)27-16(23)9-3/h8-9,13-14H,2-3,7,10-12H2,1,4-6H3. The Morgan fingerprint density at radius 2 is 1.59 bits per heavy atom. The number of esters is 2. The van der Waals surface area contributed by atoms with E-state index in [-0.39, 0.29) is 0 Å². The summed E-state index contributed by atoms with van der Waals surface area (Å²) in [6, 6.07) is -0.687. The predicted molar refractivity (Wildman–Crippen MR) is 98.1 cm³/mol. The van der Waals surface area contributed by atoms with Crippen molar-refractivity contribution in [2.24, 2.45) is 0 Å². The minimum Gasteiger partial charge on any atom is -0.439 e. The van der Waals surface area contributed by atoms with Gasteiger partial charge in [0.15, 0.2) is 12.5 Å². The van der Waals surface area contributed by atoms with Crippen LogP contribution in [0.25, 0.3) is 0 Å². The van der Waals surface area contributed by atoms with Crippen molar-refractivity contribution in [3.05, 3.63) is 25.3 Å². The molecule has 1 saturated heterocycles. The number of rotatable bonds is 10. The maximum Gasteiger partial charge on any atom is 0.333 e. The van der Waals surface area contributed by atoms with Gasteiger partial charge in [-0.15, -0.1) is 0 Å². The van der Waals surface area contributed by atoms with Crippen LogP contribution in [0.15, 0.2) is 25.3 Å². The molecule has 0 aromatic rings. The third-order valence-corrected chi connectivity index (χ3v) is 4.52. The number of nitrogens with zero attached hydrogens (tertiary/aromatic N) is 2. The van der Waals surface area contributed by atoms with E-state index < -0.39 is 41.9 Å². The minimum atomic E-state index is -1.22. The average molecular weight is 380 g/mol. The molecule has 1 fully saturated rings. The lowest BCUT2D eigenvalue weighted by molar-refractivity contribution is -0.157. The predicted octanol–water partition coefficient (Wildman–Crippen LogP) is 2.74. The monoisotopic (exact) mass is 380 g/mol. The average Bonchev–Trinajstić information content (AvgIpc) is 2.80. The highest BCUT2D eigenvalue weighted by molar-refractivity contribution is 6.07. The second kappa shape index (κ2) is 9.34. The lowest BCUT2D eigenvalue weighted by Crippen LogP contribution is -2.52. The molecule has 1 aliphatic rings. The molecule has 1 aliphatic heterocycles. The summed E-state index contributed by atoms with van der Waals surface area (Å²) >= 11 is 0. The van der Waals surface area contributed by atoms with E-state index in [9.17, 15) is 19.2 Å². The SMILES string of the molecule is C=CC(=O)OC(C)N1C(=O)N(C(C)OC(=O)C=C)C(C)(CCCCC)C1=O. The molecule has 0 aromatic carbocycles. The van der Waals surface area contributed by atoms with Gasteiger partial charge in [-0.3, -0.25) is 9.69 Å². The Labute approximate surface area is 159 Å². The van der Waals surface area contributed by atoms with E-state index in [1.54, 1.807) is 6.92 Å². The summed E-state index contributed by atoms with van der Waals surface area (Å²) in [5.74, 6) is -1.96. The molecule has 27 heavy (non-hydrogen) atoms. The molecule has 0 saturated carbocycles. The Bertz CT molecular complexity index is 632. The van der Waals surface area contributed by atoms with E-state index in [1.165, 1.54) is 18.7 Å². The zero-order valence-corrected chi connectivity index (χ0v) is 16.4. The number of hydrogen-bond donors (Lipinski definition) is 0. The molecular formula is C19H28N2O6. The normalized spacial score (nSPS) is 21.6. The number of unbranched alkanes of at least 4 members (excludes halogenated alkanes) is 2. The first-order chi connectivity index (χ1) is 12.6. The molecule has 3 amide bonds. The fraction of sp³-hybridized carbons (Fsp3) is 0.579. The van der Waals surface area contributed by atoms with Crippen molar-refractivity contribution in [3.63, 3.8) is 0 Å². The number of amides is 3. The molecule has 1 rings (SSSR count). The van der Waals surface area contributed by atoms with Crippen LogP contribution >= 0.6 is 0 Å². The molecule has 8 nitrogen and oxygen atoms in total. The summed E-state index contributed by atoms with van der Waals surface area (Å²) in [5.41, 5.74) is -1.22. The molecule has 0 spiro atoms. The zero-order valence-electron chi connectivity index (χ0n) is 16.4. The summed E-state index contributed by atoms with van der Waals surface area (Å²) < 4.78 is 10.2. The fourth-order valence-electron chi connectivity index (χ4n) is 3.14. The Kier molecular flexibility index (Phi) is 7.75. The molecule has 1 heterocycles. The molecule has 0 N–H and O–H groups in total. The maximum atomic E-state index is 13.1. The summed E-state index contributed by atoms with van der Waals surface area (Å²) in [5, 5.41) is 0. The lowest BCUT2D eigenvalue weighted by Gasteiger charge is -2.35. The van der Waals surface area contributed by atoms with Crippen molar-refractivity contribution >= 4 is 23.9 Å². The zero-order chi connectivity index (χ0) is 20.8. The molecular weight excluding hydrogens is 352 g/mol. The summed E-state index contributed by atoms with van der Waals surface area (Å²) in [6.45, 7) is 13.2. The van der Waals surface area contributed by atoms with E-state index >= 15 is 0 Å². The Hall–Kier alpha value is -2.64. The molecule has 3 atom stereocenters. The van der Waals surface area contributed by atoms with Gasteiger partial charge in [0.1, 0.15) is 5.54 Å². The number of ether oxygens (including phenoxy) is 2. The van der Waals surface area contributed by atoms with E-state index in [0.29, 0.717) is 12.8 Å². The van der Waals surface area contributed by atoms with Gasteiger partial charge in [-0.05, 0) is 27.2 Å².